The first-order valence-electron chi connectivity index (χ1n) is 8.29. The van der Waals surface area contributed by atoms with Gasteiger partial charge in [0.15, 0.2) is 0 Å². The number of rotatable bonds is 4. The molecule has 132 valence electrons. The van der Waals surface area contributed by atoms with Crippen molar-refractivity contribution in [3.63, 3.8) is 0 Å². The summed E-state index contributed by atoms with van der Waals surface area (Å²) >= 11 is 0. The Morgan fingerprint density at radius 3 is 2.83 bits per heavy atom. The molecule has 7 heteroatoms. The van der Waals surface area contributed by atoms with E-state index in [4.69, 9.17) is 4.74 Å². The van der Waals surface area contributed by atoms with Crippen molar-refractivity contribution in [1.82, 2.24) is 4.90 Å². The van der Waals surface area contributed by atoms with Crippen LogP contribution in [0.25, 0.3) is 0 Å². The van der Waals surface area contributed by atoms with Crippen LogP contribution in [0.3, 0.4) is 0 Å². The summed E-state index contributed by atoms with van der Waals surface area (Å²) in [6, 6.07) is 5.35. The highest BCUT2D eigenvalue weighted by Crippen LogP contribution is 2.31. The number of carbonyl (C=O) groups excluding carboxylic acids is 1. The minimum atomic E-state index is -3.26. The molecule has 0 saturated carbocycles. The second-order valence-electron chi connectivity index (χ2n) is 6.64. The van der Waals surface area contributed by atoms with E-state index >= 15 is 0 Å². The molecule has 1 aromatic carbocycles. The summed E-state index contributed by atoms with van der Waals surface area (Å²) in [5.74, 6) is 0.416. The van der Waals surface area contributed by atoms with Gasteiger partial charge < -0.3 is 9.64 Å². The molecule has 1 fully saturated rings. The number of anilines is 1. The Morgan fingerprint density at radius 1 is 1.33 bits per heavy atom. The quantitative estimate of drug-likeness (QED) is 0.824. The van der Waals surface area contributed by atoms with Gasteiger partial charge in [-0.25, -0.2) is 8.42 Å². The maximum atomic E-state index is 12.8. The van der Waals surface area contributed by atoms with Crippen molar-refractivity contribution >= 4 is 21.6 Å². The van der Waals surface area contributed by atoms with Gasteiger partial charge in [0.1, 0.15) is 0 Å². The predicted molar refractivity (Wildman–Crippen MR) is 92.8 cm³/mol. The van der Waals surface area contributed by atoms with Crippen LogP contribution in [0.2, 0.25) is 0 Å². The molecule has 0 radical (unpaired) electrons. The Hall–Kier alpha value is -1.60. The van der Waals surface area contributed by atoms with Crippen molar-refractivity contribution in [1.29, 1.82) is 0 Å². The number of ether oxygens (including phenoxy) is 1. The van der Waals surface area contributed by atoms with Crippen molar-refractivity contribution in [2.75, 3.05) is 43.9 Å². The summed E-state index contributed by atoms with van der Waals surface area (Å²) in [5.41, 5.74) is 2.27. The molecule has 3 rings (SSSR count). The molecule has 0 aromatic heterocycles. The Kier molecular flexibility index (Phi) is 4.83. The summed E-state index contributed by atoms with van der Waals surface area (Å²) < 4.78 is 30.2. The molecule has 6 nitrogen and oxygen atoms in total. The standard InChI is InChI=1S/C17H24N2O4S/c1-23-12-13-4-3-8-18(11-13)17(20)15-5-6-16-14(10-15)7-9-19(16)24(2,21)22/h5-6,10,13H,3-4,7-9,11-12H2,1-2H3. The van der Waals surface area contributed by atoms with E-state index in [1.165, 1.54) is 10.6 Å². The molecule has 2 aliphatic heterocycles. The number of carbonyl (C=O) groups is 1. The Labute approximate surface area is 143 Å². The van der Waals surface area contributed by atoms with Crippen molar-refractivity contribution in [2.45, 2.75) is 19.3 Å². The van der Waals surface area contributed by atoms with Crippen LogP contribution in [0.4, 0.5) is 5.69 Å². The molecular weight excluding hydrogens is 328 g/mol. The van der Waals surface area contributed by atoms with Crippen LogP contribution in [-0.4, -0.2) is 58.8 Å². The summed E-state index contributed by atoms with van der Waals surface area (Å²) in [6.07, 6.45) is 3.94. The zero-order chi connectivity index (χ0) is 17.3. The first-order valence-corrected chi connectivity index (χ1v) is 10.1. The highest BCUT2D eigenvalue weighted by molar-refractivity contribution is 7.92. The Bertz CT molecular complexity index is 730. The zero-order valence-corrected chi connectivity index (χ0v) is 15.0. The van der Waals surface area contributed by atoms with E-state index in [0.29, 0.717) is 36.7 Å². The highest BCUT2D eigenvalue weighted by atomic mass is 32.2. The lowest BCUT2D eigenvalue weighted by Gasteiger charge is -2.32. The number of likely N-dealkylation sites (tertiary alicyclic amines) is 1. The minimum absolute atomic E-state index is 0.0245. The lowest BCUT2D eigenvalue weighted by molar-refractivity contribution is 0.0571. The Morgan fingerprint density at radius 2 is 2.12 bits per heavy atom. The van der Waals surface area contributed by atoms with Crippen molar-refractivity contribution in [3.8, 4) is 0 Å². The van der Waals surface area contributed by atoms with E-state index in [1.54, 1.807) is 19.2 Å². The molecule has 2 aliphatic rings. The van der Waals surface area contributed by atoms with Gasteiger partial charge in [-0.1, -0.05) is 0 Å². The zero-order valence-electron chi connectivity index (χ0n) is 14.2. The number of benzene rings is 1. The van der Waals surface area contributed by atoms with Crippen molar-refractivity contribution in [3.05, 3.63) is 29.3 Å². The lowest BCUT2D eigenvalue weighted by Crippen LogP contribution is -2.41. The average Bonchev–Trinajstić information content (AvgIpc) is 2.98. The third-order valence-corrected chi connectivity index (χ3v) is 5.97. The number of nitrogens with zero attached hydrogens (tertiary/aromatic N) is 2. The summed E-state index contributed by atoms with van der Waals surface area (Å²) in [5, 5.41) is 0. The summed E-state index contributed by atoms with van der Waals surface area (Å²) in [7, 11) is -1.57. The molecule has 0 spiro atoms. The van der Waals surface area contributed by atoms with Crippen LogP contribution in [0, 0.1) is 5.92 Å². The number of hydrogen-bond donors (Lipinski definition) is 0. The molecule has 2 heterocycles. The largest absolute Gasteiger partial charge is 0.384 e. The van der Waals surface area contributed by atoms with Gasteiger partial charge in [-0.15, -0.1) is 0 Å². The molecule has 1 unspecified atom stereocenters. The molecule has 1 aromatic rings. The number of piperidine rings is 1. The van der Waals surface area contributed by atoms with Gasteiger partial charge in [0.05, 0.1) is 18.6 Å². The normalized spacial score (nSPS) is 21.0. The fraction of sp³-hybridized carbons (Fsp3) is 0.588. The first-order chi connectivity index (χ1) is 11.4. The third-order valence-electron chi connectivity index (χ3n) is 4.79. The fourth-order valence-electron chi connectivity index (χ4n) is 3.65. The van der Waals surface area contributed by atoms with Crippen LogP contribution in [-0.2, 0) is 21.2 Å². The molecule has 1 amide bonds. The molecule has 0 aliphatic carbocycles. The molecular formula is C17H24N2O4S. The number of hydrogen-bond acceptors (Lipinski definition) is 4. The third kappa shape index (κ3) is 3.42. The SMILES string of the molecule is COCC1CCCN(C(=O)c2ccc3c(c2)CCN3S(C)(=O)=O)C1. The van der Waals surface area contributed by atoms with E-state index in [1.807, 2.05) is 11.0 Å². The van der Waals surface area contributed by atoms with E-state index < -0.39 is 10.0 Å². The molecule has 0 bridgehead atoms. The number of fused-ring (bicyclic) bond motifs is 1. The van der Waals surface area contributed by atoms with E-state index in [9.17, 15) is 13.2 Å². The van der Waals surface area contributed by atoms with Crippen LogP contribution >= 0.6 is 0 Å². The molecule has 1 atom stereocenters. The van der Waals surface area contributed by atoms with E-state index in [-0.39, 0.29) is 5.91 Å². The summed E-state index contributed by atoms with van der Waals surface area (Å²) in [6.45, 7) is 2.62. The second kappa shape index (κ2) is 6.72. The highest BCUT2D eigenvalue weighted by Gasteiger charge is 2.29. The Balaban J connectivity index is 1.78. The van der Waals surface area contributed by atoms with Gasteiger partial charge in [0.2, 0.25) is 10.0 Å². The van der Waals surface area contributed by atoms with E-state index in [0.717, 1.165) is 31.5 Å². The van der Waals surface area contributed by atoms with Crippen LogP contribution in [0.1, 0.15) is 28.8 Å². The van der Waals surface area contributed by atoms with Gasteiger partial charge in [0.25, 0.3) is 5.91 Å². The van der Waals surface area contributed by atoms with Crippen molar-refractivity contribution < 1.29 is 17.9 Å². The topological polar surface area (TPSA) is 66.9 Å². The second-order valence-corrected chi connectivity index (χ2v) is 8.55. The number of sulfonamides is 1. The number of methoxy groups -OCH3 is 1. The minimum Gasteiger partial charge on any atom is -0.384 e. The predicted octanol–water partition coefficient (Wildman–Crippen LogP) is 1.51. The van der Waals surface area contributed by atoms with Crippen LogP contribution in [0.5, 0.6) is 0 Å². The fourth-order valence-corrected chi connectivity index (χ4v) is 4.61. The van der Waals surface area contributed by atoms with Crippen molar-refractivity contribution in [2.24, 2.45) is 5.92 Å². The molecule has 0 N–H and O–H groups in total. The van der Waals surface area contributed by atoms with Gasteiger partial charge in [-0.2, -0.15) is 0 Å². The lowest BCUT2D eigenvalue weighted by atomic mass is 9.98. The monoisotopic (exact) mass is 352 g/mol. The average molecular weight is 352 g/mol. The van der Waals surface area contributed by atoms with Crippen LogP contribution in [0.15, 0.2) is 18.2 Å². The van der Waals surface area contributed by atoms with Gasteiger partial charge >= 0.3 is 0 Å². The maximum absolute atomic E-state index is 12.8. The summed E-state index contributed by atoms with van der Waals surface area (Å²) in [4.78, 5) is 14.7. The molecule has 24 heavy (non-hydrogen) atoms. The van der Waals surface area contributed by atoms with E-state index in [2.05, 4.69) is 0 Å². The van der Waals surface area contributed by atoms with Gasteiger partial charge in [-0.05, 0) is 48.9 Å². The van der Waals surface area contributed by atoms with Gasteiger partial charge in [-0.3, -0.25) is 9.10 Å². The van der Waals surface area contributed by atoms with Crippen LogP contribution < -0.4 is 4.31 Å². The van der Waals surface area contributed by atoms with Gasteiger partial charge in [0, 0.05) is 32.3 Å². The molecule has 1 saturated heterocycles. The first kappa shape index (κ1) is 17.2. The smallest absolute Gasteiger partial charge is 0.253 e. The maximum Gasteiger partial charge on any atom is 0.253 e. The number of amides is 1.